The lowest BCUT2D eigenvalue weighted by Crippen LogP contribution is -2.03. The fourth-order valence-corrected chi connectivity index (χ4v) is 9.23. The highest BCUT2D eigenvalue weighted by molar-refractivity contribution is 6.06. The lowest BCUT2D eigenvalue weighted by atomic mass is 9.84. The van der Waals surface area contributed by atoms with Gasteiger partial charge in [-0.05, 0) is 114 Å². The molecule has 0 amide bonds. The molecule has 0 fully saturated rings. The maximum Gasteiger partial charge on any atom is 0.136 e. The van der Waals surface area contributed by atoms with Crippen LogP contribution in [0, 0.1) is 0 Å². The van der Waals surface area contributed by atoms with Crippen molar-refractivity contribution in [3.05, 3.63) is 253 Å². The molecule has 62 heavy (non-hydrogen) atoms. The first kappa shape index (κ1) is 37.3. The minimum atomic E-state index is 0.242. The Bertz CT molecular complexity index is 3280. The monoisotopic (exact) mass is 792 g/mol. The van der Waals surface area contributed by atoms with Crippen LogP contribution in [-0.2, 0) is 6.42 Å². The molecule has 0 spiro atoms. The van der Waals surface area contributed by atoms with Gasteiger partial charge in [-0.15, -0.1) is 0 Å². The van der Waals surface area contributed by atoms with Crippen LogP contribution < -0.4 is 0 Å². The first-order chi connectivity index (χ1) is 30.7. The highest BCUT2D eigenvalue weighted by Crippen LogP contribution is 2.36. The number of benzene rings is 10. The van der Waals surface area contributed by atoms with Crippen LogP contribution in [0.4, 0.5) is 0 Å². The average molecular weight is 793 g/mol. The van der Waals surface area contributed by atoms with Crippen molar-refractivity contribution in [3.8, 4) is 55.6 Å². The van der Waals surface area contributed by atoms with Gasteiger partial charge in [0.25, 0.3) is 0 Å². The molecular formula is C61H44O. The summed E-state index contributed by atoms with van der Waals surface area (Å²) in [6.45, 7) is 0. The third kappa shape index (κ3) is 7.40. The number of furan rings is 1. The fraction of sp³-hybridized carbons (Fsp3) is 0.0492. The maximum atomic E-state index is 6.19. The number of hydrogen-bond donors (Lipinski definition) is 0. The molecule has 0 radical (unpaired) electrons. The molecule has 11 rings (SSSR count). The van der Waals surface area contributed by atoms with Crippen molar-refractivity contribution < 1.29 is 4.42 Å². The number of para-hydroxylation sites is 1. The molecule has 1 unspecified atom stereocenters. The topological polar surface area (TPSA) is 13.1 Å². The van der Waals surface area contributed by atoms with Gasteiger partial charge >= 0.3 is 0 Å². The quantitative estimate of drug-likeness (QED) is 0.134. The van der Waals surface area contributed by atoms with Crippen molar-refractivity contribution in [1.29, 1.82) is 0 Å². The van der Waals surface area contributed by atoms with Crippen molar-refractivity contribution in [2.24, 2.45) is 0 Å². The summed E-state index contributed by atoms with van der Waals surface area (Å²) < 4.78 is 6.19. The molecule has 10 aromatic carbocycles. The minimum Gasteiger partial charge on any atom is -0.456 e. The van der Waals surface area contributed by atoms with Gasteiger partial charge in [-0.2, -0.15) is 0 Å². The largest absolute Gasteiger partial charge is 0.456 e. The summed E-state index contributed by atoms with van der Waals surface area (Å²) in [4.78, 5) is 0. The van der Waals surface area contributed by atoms with Crippen LogP contribution >= 0.6 is 0 Å². The van der Waals surface area contributed by atoms with Crippen LogP contribution in [0.2, 0.25) is 0 Å². The van der Waals surface area contributed by atoms with E-state index in [4.69, 9.17) is 4.42 Å². The van der Waals surface area contributed by atoms with Crippen molar-refractivity contribution in [3.63, 3.8) is 0 Å². The van der Waals surface area contributed by atoms with Crippen LogP contribution in [0.15, 0.2) is 241 Å². The summed E-state index contributed by atoms with van der Waals surface area (Å²) in [5.74, 6) is 0.242. The molecule has 1 atom stereocenters. The molecule has 0 aliphatic carbocycles. The Morgan fingerprint density at radius 1 is 0.306 bits per heavy atom. The summed E-state index contributed by atoms with van der Waals surface area (Å²) in [6, 6.07) is 86.2. The number of aryl methyl sites for hydroxylation is 1. The van der Waals surface area contributed by atoms with E-state index in [2.05, 4.69) is 224 Å². The number of hydrogen-bond acceptors (Lipinski definition) is 1. The van der Waals surface area contributed by atoms with E-state index in [1.807, 2.05) is 12.1 Å². The van der Waals surface area contributed by atoms with E-state index in [1.165, 1.54) is 77.5 Å². The van der Waals surface area contributed by atoms with Crippen LogP contribution in [-0.4, -0.2) is 0 Å². The Morgan fingerprint density at radius 3 is 1.39 bits per heavy atom. The summed E-state index contributed by atoms with van der Waals surface area (Å²) in [7, 11) is 0. The molecule has 1 heterocycles. The van der Waals surface area contributed by atoms with Gasteiger partial charge in [-0.3, -0.25) is 0 Å². The smallest absolute Gasteiger partial charge is 0.136 e. The van der Waals surface area contributed by atoms with Crippen molar-refractivity contribution in [2.45, 2.75) is 18.8 Å². The summed E-state index contributed by atoms with van der Waals surface area (Å²) in [6.07, 6.45) is 1.98. The molecule has 294 valence electrons. The second-order valence-corrected chi connectivity index (χ2v) is 16.4. The normalized spacial score (nSPS) is 11.9. The molecule has 0 aliphatic heterocycles. The third-order valence-corrected chi connectivity index (χ3v) is 12.7. The molecule has 11 aromatic rings. The molecule has 0 aliphatic rings. The summed E-state index contributed by atoms with van der Waals surface area (Å²) in [5, 5.41) is 4.87. The van der Waals surface area contributed by atoms with Gasteiger partial charge in [0, 0.05) is 16.7 Å². The third-order valence-electron chi connectivity index (χ3n) is 12.7. The van der Waals surface area contributed by atoms with E-state index >= 15 is 0 Å². The standard InChI is InChI=1S/C61H44O/c1-2-9-43(10-3-1)44-22-24-45(25-23-44)47-30-34-51(35-31-47)55(39-19-42-17-20-53(21-18-42)57-15-8-12-50-11-4-5-13-56(50)57)52-36-32-48(33-37-52)46-26-28-49(29-27-46)54-38-40-59-58-14-6-7-16-60(58)62-61(59)41-54/h1-18,20-38,40-41,55H,19,39H2. The molecule has 1 nitrogen and oxygen atoms in total. The Hall–Kier alpha value is -7.74. The molecule has 1 aromatic heterocycles. The fourth-order valence-electron chi connectivity index (χ4n) is 9.23. The summed E-state index contributed by atoms with van der Waals surface area (Å²) in [5.41, 5.74) is 18.1. The molecule has 0 saturated carbocycles. The van der Waals surface area contributed by atoms with Gasteiger partial charge in [0.15, 0.2) is 0 Å². The highest BCUT2D eigenvalue weighted by atomic mass is 16.3. The van der Waals surface area contributed by atoms with Gasteiger partial charge < -0.3 is 4.42 Å². The van der Waals surface area contributed by atoms with E-state index in [0.717, 1.165) is 40.3 Å². The predicted octanol–water partition coefficient (Wildman–Crippen LogP) is 16.8. The van der Waals surface area contributed by atoms with Crippen LogP contribution in [0.3, 0.4) is 0 Å². The lowest BCUT2D eigenvalue weighted by Gasteiger charge is -2.20. The first-order valence-corrected chi connectivity index (χ1v) is 21.7. The van der Waals surface area contributed by atoms with Crippen molar-refractivity contribution in [2.75, 3.05) is 0 Å². The highest BCUT2D eigenvalue weighted by Gasteiger charge is 2.16. The van der Waals surface area contributed by atoms with Crippen molar-refractivity contribution >= 4 is 32.7 Å². The van der Waals surface area contributed by atoms with Gasteiger partial charge in [0.05, 0.1) is 0 Å². The average Bonchev–Trinajstić information content (AvgIpc) is 3.73. The van der Waals surface area contributed by atoms with E-state index in [1.54, 1.807) is 0 Å². The van der Waals surface area contributed by atoms with E-state index in [9.17, 15) is 0 Å². The van der Waals surface area contributed by atoms with Gasteiger partial charge in [-0.25, -0.2) is 0 Å². The first-order valence-electron chi connectivity index (χ1n) is 21.7. The summed E-state index contributed by atoms with van der Waals surface area (Å²) >= 11 is 0. The lowest BCUT2D eigenvalue weighted by molar-refractivity contribution is 0.669. The number of fused-ring (bicyclic) bond motifs is 4. The van der Waals surface area contributed by atoms with Gasteiger partial charge in [0.2, 0.25) is 0 Å². The SMILES string of the molecule is c1ccc(-c2ccc(-c3ccc(C(CCc4ccc(-c5cccc6ccccc56)cc4)c4ccc(-c5ccc(-c6ccc7c(c6)oc6ccccc67)cc5)cc4)cc3)cc2)cc1. The Balaban J connectivity index is 0.854. The minimum absolute atomic E-state index is 0.242. The van der Waals surface area contributed by atoms with E-state index < -0.39 is 0 Å². The predicted molar refractivity (Wildman–Crippen MR) is 261 cm³/mol. The molecule has 0 saturated heterocycles. The van der Waals surface area contributed by atoms with Crippen LogP contribution in [0.25, 0.3) is 88.3 Å². The maximum absolute atomic E-state index is 6.19. The Labute approximate surface area is 363 Å². The van der Waals surface area contributed by atoms with Gasteiger partial charge in [-0.1, -0.05) is 218 Å². The zero-order valence-electron chi connectivity index (χ0n) is 34.4. The molecular weight excluding hydrogens is 749 g/mol. The van der Waals surface area contributed by atoms with Gasteiger partial charge in [0.1, 0.15) is 11.2 Å². The molecule has 1 heteroatoms. The van der Waals surface area contributed by atoms with E-state index in [-0.39, 0.29) is 5.92 Å². The van der Waals surface area contributed by atoms with Crippen LogP contribution in [0.1, 0.15) is 29.0 Å². The Kier molecular flexibility index (Phi) is 9.84. The van der Waals surface area contributed by atoms with Crippen LogP contribution in [0.5, 0.6) is 0 Å². The second kappa shape index (κ2) is 16.4. The zero-order chi connectivity index (χ0) is 41.2. The number of rotatable bonds is 10. The van der Waals surface area contributed by atoms with Crippen molar-refractivity contribution in [1.82, 2.24) is 0 Å². The Morgan fingerprint density at radius 2 is 0.758 bits per heavy atom. The zero-order valence-corrected chi connectivity index (χ0v) is 34.4. The molecule has 0 N–H and O–H groups in total. The van der Waals surface area contributed by atoms with E-state index in [0.29, 0.717) is 0 Å². The molecule has 0 bridgehead atoms. The second-order valence-electron chi connectivity index (χ2n) is 16.4.